The van der Waals surface area contributed by atoms with Crippen LogP contribution in [0.25, 0.3) is 0 Å². The van der Waals surface area contributed by atoms with Crippen LogP contribution in [0.15, 0.2) is 42.7 Å². The molecule has 0 atom stereocenters. The van der Waals surface area contributed by atoms with Crippen molar-refractivity contribution in [1.82, 2.24) is 9.97 Å². The fourth-order valence-corrected chi connectivity index (χ4v) is 1.09. The van der Waals surface area contributed by atoms with E-state index in [9.17, 15) is 4.79 Å². The first-order valence-electron chi connectivity index (χ1n) is 4.54. The van der Waals surface area contributed by atoms with Gasteiger partial charge in [-0.25, -0.2) is 14.8 Å². The summed E-state index contributed by atoms with van der Waals surface area (Å²) in [4.78, 5) is 18.0. The third kappa shape index (κ3) is 2.33. The van der Waals surface area contributed by atoms with E-state index >= 15 is 0 Å². The minimum Gasteiger partial charge on any atom is -0.476 e. The summed E-state index contributed by atoms with van der Waals surface area (Å²) in [6.45, 7) is 0. The lowest BCUT2D eigenvalue weighted by molar-refractivity contribution is 0.0690. The van der Waals surface area contributed by atoms with Crippen LogP contribution in [0.5, 0.6) is 11.6 Å². The predicted octanol–water partition coefficient (Wildman–Crippen LogP) is 1.97. The van der Waals surface area contributed by atoms with Crippen LogP contribution in [-0.4, -0.2) is 21.0 Å². The zero-order valence-electron chi connectivity index (χ0n) is 8.20. The van der Waals surface area contributed by atoms with Crippen LogP contribution in [0.4, 0.5) is 0 Å². The monoisotopic (exact) mass is 216 g/mol. The fourth-order valence-electron chi connectivity index (χ4n) is 1.09. The summed E-state index contributed by atoms with van der Waals surface area (Å²) < 4.78 is 5.35. The van der Waals surface area contributed by atoms with Gasteiger partial charge in [0, 0.05) is 0 Å². The van der Waals surface area contributed by atoms with Crippen molar-refractivity contribution in [1.29, 1.82) is 0 Å². The molecule has 1 aromatic carbocycles. The maximum atomic E-state index is 10.5. The highest BCUT2D eigenvalue weighted by Gasteiger charge is 2.05. The lowest BCUT2D eigenvalue weighted by Crippen LogP contribution is -2.01. The van der Waals surface area contributed by atoms with Gasteiger partial charge in [0.15, 0.2) is 5.69 Å². The zero-order chi connectivity index (χ0) is 11.4. The Labute approximate surface area is 91.4 Å². The largest absolute Gasteiger partial charge is 0.476 e. The number of aromatic carboxylic acids is 1. The SMILES string of the molecule is O=C(O)c1cnc(Oc2ccccc2)cn1. The molecule has 0 aliphatic heterocycles. The first kappa shape index (κ1) is 10.1. The van der Waals surface area contributed by atoms with Crippen LogP contribution in [-0.2, 0) is 0 Å². The van der Waals surface area contributed by atoms with Crippen LogP contribution in [0.3, 0.4) is 0 Å². The van der Waals surface area contributed by atoms with Gasteiger partial charge in [0.05, 0.1) is 12.4 Å². The van der Waals surface area contributed by atoms with Gasteiger partial charge in [0.2, 0.25) is 5.88 Å². The Morgan fingerprint density at radius 1 is 1.12 bits per heavy atom. The number of hydrogen-bond acceptors (Lipinski definition) is 4. The molecular weight excluding hydrogens is 208 g/mol. The second-order valence-corrected chi connectivity index (χ2v) is 2.96. The van der Waals surface area contributed by atoms with E-state index in [1.54, 1.807) is 12.1 Å². The molecule has 1 heterocycles. The van der Waals surface area contributed by atoms with Crippen LogP contribution >= 0.6 is 0 Å². The van der Waals surface area contributed by atoms with Gasteiger partial charge < -0.3 is 9.84 Å². The maximum absolute atomic E-state index is 10.5. The number of benzene rings is 1. The zero-order valence-corrected chi connectivity index (χ0v) is 8.20. The molecule has 0 amide bonds. The van der Waals surface area contributed by atoms with Gasteiger partial charge in [-0.2, -0.15) is 0 Å². The third-order valence-corrected chi connectivity index (χ3v) is 1.81. The van der Waals surface area contributed by atoms with Crippen molar-refractivity contribution in [3.8, 4) is 11.6 Å². The van der Waals surface area contributed by atoms with E-state index < -0.39 is 5.97 Å². The highest BCUT2D eigenvalue weighted by molar-refractivity contribution is 5.84. The molecule has 1 N–H and O–H groups in total. The number of carbonyl (C=O) groups is 1. The molecule has 5 nitrogen and oxygen atoms in total. The molecule has 0 saturated heterocycles. The van der Waals surface area contributed by atoms with E-state index in [1.807, 2.05) is 18.2 Å². The van der Waals surface area contributed by atoms with Crippen LogP contribution in [0, 0.1) is 0 Å². The lowest BCUT2D eigenvalue weighted by atomic mass is 10.3. The van der Waals surface area contributed by atoms with E-state index in [2.05, 4.69) is 9.97 Å². The molecule has 2 rings (SSSR count). The van der Waals surface area contributed by atoms with Crippen molar-refractivity contribution in [2.24, 2.45) is 0 Å². The van der Waals surface area contributed by atoms with Crippen LogP contribution < -0.4 is 4.74 Å². The molecule has 0 bridgehead atoms. The fraction of sp³-hybridized carbons (Fsp3) is 0. The van der Waals surface area contributed by atoms with E-state index in [4.69, 9.17) is 9.84 Å². The molecule has 2 aromatic rings. The first-order valence-corrected chi connectivity index (χ1v) is 4.54. The summed E-state index contributed by atoms with van der Waals surface area (Å²) in [5.41, 5.74) is -0.111. The summed E-state index contributed by atoms with van der Waals surface area (Å²) in [7, 11) is 0. The highest BCUT2D eigenvalue weighted by atomic mass is 16.5. The normalized spacial score (nSPS) is 9.75. The summed E-state index contributed by atoms with van der Waals surface area (Å²) >= 11 is 0. The summed E-state index contributed by atoms with van der Waals surface area (Å²) in [6, 6.07) is 9.06. The molecule has 0 fully saturated rings. The molecule has 0 radical (unpaired) electrons. The van der Waals surface area contributed by atoms with Crippen molar-refractivity contribution >= 4 is 5.97 Å². The van der Waals surface area contributed by atoms with Crippen LogP contribution in [0.1, 0.15) is 10.5 Å². The minimum absolute atomic E-state index is 0.111. The molecule has 0 saturated carbocycles. The second kappa shape index (κ2) is 4.39. The Morgan fingerprint density at radius 3 is 2.44 bits per heavy atom. The topological polar surface area (TPSA) is 72.3 Å². The molecular formula is C11H8N2O3. The van der Waals surface area contributed by atoms with Gasteiger partial charge in [-0.15, -0.1) is 0 Å². The summed E-state index contributed by atoms with van der Waals surface area (Å²) in [5.74, 6) is -0.227. The number of para-hydroxylation sites is 1. The Morgan fingerprint density at radius 2 is 1.88 bits per heavy atom. The van der Waals surface area contributed by atoms with Gasteiger partial charge in [-0.05, 0) is 12.1 Å². The Hall–Kier alpha value is -2.43. The number of aromatic nitrogens is 2. The van der Waals surface area contributed by atoms with Crippen molar-refractivity contribution in [2.45, 2.75) is 0 Å². The quantitative estimate of drug-likeness (QED) is 0.849. The molecule has 0 unspecified atom stereocenters. The Kier molecular flexibility index (Phi) is 2.77. The van der Waals surface area contributed by atoms with Gasteiger partial charge >= 0.3 is 5.97 Å². The number of nitrogens with zero attached hydrogens (tertiary/aromatic N) is 2. The van der Waals surface area contributed by atoms with E-state index in [0.717, 1.165) is 6.20 Å². The molecule has 0 spiro atoms. The maximum Gasteiger partial charge on any atom is 0.356 e. The van der Waals surface area contributed by atoms with Gasteiger partial charge in [0.1, 0.15) is 5.75 Å². The summed E-state index contributed by atoms with van der Waals surface area (Å²) in [6.07, 6.45) is 2.43. The average molecular weight is 216 g/mol. The van der Waals surface area contributed by atoms with Crippen molar-refractivity contribution in [2.75, 3.05) is 0 Å². The van der Waals surface area contributed by atoms with E-state index in [0.29, 0.717) is 5.75 Å². The molecule has 1 aromatic heterocycles. The number of carboxylic acid groups (broad SMARTS) is 1. The molecule has 0 aliphatic carbocycles. The van der Waals surface area contributed by atoms with Gasteiger partial charge in [-0.1, -0.05) is 18.2 Å². The average Bonchev–Trinajstić information content (AvgIpc) is 2.31. The minimum atomic E-state index is -1.11. The molecule has 0 aliphatic rings. The van der Waals surface area contributed by atoms with Crippen molar-refractivity contribution in [3.63, 3.8) is 0 Å². The number of carboxylic acids is 1. The van der Waals surface area contributed by atoms with E-state index in [-0.39, 0.29) is 11.6 Å². The number of ether oxygens (including phenoxy) is 1. The van der Waals surface area contributed by atoms with Crippen molar-refractivity contribution < 1.29 is 14.6 Å². The number of rotatable bonds is 3. The number of hydrogen-bond donors (Lipinski definition) is 1. The summed E-state index contributed by atoms with van der Waals surface area (Å²) in [5, 5.41) is 8.62. The Bertz CT molecular complexity index is 482. The van der Waals surface area contributed by atoms with Gasteiger partial charge in [-0.3, -0.25) is 0 Å². The standard InChI is InChI=1S/C11H8N2O3/c14-11(15)9-6-13-10(7-12-9)16-8-4-2-1-3-5-8/h1-7H,(H,14,15). The third-order valence-electron chi connectivity index (χ3n) is 1.81. The predicted molar refractivity (Wildman–Crippen MR) is 55.5 cm³/mol. The second-order valence-electron chi connectivity index (χ2n) is 2.96. The highest BCUT2D eigenvalue weighted by Crippen LogP contribution is 2.17. The Balaban J connectivity index is 2.14. The lowest BCUT2D eigenvalue weighted by Gasteiger charge is -2.03. The molecule has 80 valence electrons. The van der Waals surface area contributed by atoms with Gasteiger partial charge in [0.25, 0.3) is 0 Å². The van der Waals surface area contributed by atoms with E-state index in [1.165, 1.54) is 6.20 Å². The smallest absolute Gasteiger partial charge is 0.356 e. The first-order chi connectivity index (χ1) is 7.75. The molecule has 5 heteroatoms. The van der Waals surface area contributed by atoms with Crippen molar-refractivity contribution in [3.05, 3.63) is 48.4 Å². The van der Waals surface area contributed by atoms with Crippen LogP contribution in [0.2, 0.25) is 0 Å². The molecule has 16 heavy (non-hydrogen) atoms.